The van der Waals surface area contributed by atoms with Gasteiger partial charge in [0.1, 0.15) is 0 Å². The zero-order valence-electron chi connectivity index (χ0n) is 10.5. The summed E-state index contributed by atoms with van der Waals surface area (Å²) in [6, 6.07) is 6.00. The Morgan fingerprint density at radius 1 is 1.41 bits per heavy atom. The number of hydrogen-bond donors (Lipinski definition) is 1. The smallest absolute Gasteiger partial charge is 0.224 e. The molecule has 2 rings (SSSR count). The normalized spacial score (nSPS) is 18.4. The highest BCUT2D eigenvalue weighted by Crippen LogP contribution is 2.22. The fraction of sp³-hybridized carbons (Fsp3) is 0.400. The highest BCUT2D eigenvalue weighted by molar-refractivity contribution is 5.91. The van der Waals surface area contributed by atoms with E-state index in [2.05, 4.69) is 30.5 Å². The molecule has 0 radical (unpaired) electrons. The molecule has 1 aliphatic carbocycles. The number of nitrogens with one attached hydrogen (secondary N) is 1. The van der Waals surface area contributed by atoms with Crippen LogP contribution < -0.4 is 5.32 Å². The molecule has 90 valence electrons. The average molecular weight is 229 g/mol. The maximum absolute atomic E-state index is 11.9. The van der Waals surface area contributed by atoms with Crippen molar-refractivity contribution in [2.24, 2.45) is 5.92 Å². The van der Waals surface area contributed by atoms with Crippen LogP contribution in [0.25, 0.3) is 0 Å². The van der Waals surface area contributed by atoms with Crippen molar-refractivity contribution in [1.29, 1.82) is 0 Å². The summed E-state index contributed by atoms with van der Waals surface area (Å²) in [6.45, 7) is 4.10. The van der Waals surface area contributed by atoms with Crippen LogP contribution in [-0.4, -0.2) is 5.91 Å². The number of rotatable bonds is 3. The summed E-state index contributed by atoms with van der Waals surface area (Å²) in [6.07, 6.45) is 7.14. The van der Waals surface area contributed by atoms with Crippen LogP contribution in [0.15, 0.2) is 30.4 Å². The second kappa shape index (κ2) is 5.17. The van der Waals surface area contributed by atoms with E-state index < -0.39 is 0 Å². The van der Waals surface area contributed by atoms with Gasteiger partial charge in [0.25, 0.3) is 0 Å². The molecule has 0 aromatic heterocycles. The molecule has 0 saturated heterocycles. The third kappa shape index (κ3) is 2.96. The van der Waals surface area contributed by atoms with Gasteiger partial charge in [0, 0.05) is 12.1 Å². The maximum Gasteiger partial charge on any atom is 0.224 e. The molecular formula is C15H19NO. The second-order valence-electron chi connectivity index (χ2n) is 4.77. The quantitative estimate of drug-likeness (QED) is 0.788. The Morgan fingerprint density at radius 2 is 2.24 bits per heavy atom. The molecule has 0 fully saturated rings. The number of benzene rings is 1. The van der Waals surface area contributed by atoms with Crippen LogP contribution in [0.4, 0.5) is 5.69 Å². The SMILES string of the molecule is Cc1cccc(NC(=O)CC2C=CCC2)c1C. The Bertz CT molecular complexity index is 448. The maximum atomic E-state index is 11.9. The standard InChI is InChI=1S/C15H19NO/c1-11-6-5-9-14(12(11)2)16-15(17)10-13-7-3-4-8-13/h3,5-7,9,13H,4,8,10H2,1-2H3,(H,16,17). The van der Waals surface area contributed by atoms with Crippen LogP contribution in [0, 0.1) is 19.8 Å². The molecule has 1 unspecified atom stereocenters. The van der Waals surface area contributed by atoms with E-state index in [1.807, 2.05) is 19.1 Å². The van der Waals surface area contributed by atoms with Crippen molar-refractivity contribution in [2.45, 2.75) is 33.1 Å². The van der Waals surface area contributed by atoms with Crippen LogP contribution >= 0.6 is 0 Å². The molecule has 2 nitrogen and oxygen atoms in total. The molecule has 0 aliphatic heterocycles. The van der Waals surface area contributed by atoms with Gasteiger partial charge in [-0.05, 0) is 49.8 Å². The largest absolute Gasteiger partial charge is 0.326 e. The summed E-state index contributed by atoms with van der Waals surface area (Å²) in [5.74, 6) is 0.551. The fourth-order valence-corrected chi connectivity index (χ4v) is 2.19. The Labute approximate surface area is 103 Å². The van der Waals surface area contributed by atoms with Crippen LogP contribution in [0.3, 0.4) is 0 Å². The van der Waals surface area contributed by atoms with Crippen molar-refractivity contribution in [2.75, 3.05) is 5.32 Å². The van der Waals surface area contributed by atoms with Gasteiger partial charge in [-0.2, -0.15) is 0 Å². The Hall–Kier alpha value is -1.57. The van der Waals surface area contributed by atoms with E-state index in [0.29, 0.717) is 12.3 Å². The molecule has 1 aliphatic rings. The van der Waals surface area contributed by atoms with Gasteiger partial charge < -0.3 is 5.32 Å². The van der Waals surface area contributed by atoms with Crippen LogP contribution in [-0.2, 0) is 4.79 Å². The van der Waals surface area contributed by atoms with Crippen molar-refractivity contribution < 1.29 is 4.79 Å². The van der Waals surface area contributed by atoms with E-state index in [1.54, 1.807) is 0 Å². The number of aryl methyl sites for hydroxylation is 1. The lowest BCUT2D eigenvalue weighted by Gasteiger charge is -2.12. The lowest BCUT2D eigenvalue weighted by Crippen LogP contribution is -2.15. The number of carbonyl (C=O) groups is 1. The molecular weight excluding hydrogens is 210 g/mol. The molecule has 1 aromatic carbocycles. The summed E-state index contributed by atoms with van der Waals surface area (Å²) in [7, 11) is 0. The van der Waals surface area contributed by atoms with Crippen LogP contribution in [0.5, 0.6) is 0 Å². The van der Waals surface area contributed by atoms with E-state index in [4.69, 9.17) is 0 Å². The predicted octanol–water partition coefficient (Wildman–Crippen LogP) is 3.60. The van der Waals surface area contributed by atoms with Crippen molar-refractivity contribution in [3.05, 3.63) is 41.5 Å². The van der Waals surface area contributed by atoms with E-state index >= 15 is 0 Å². The first-order valence-electron chi connectivity index (χ1n) is 6.19. The van der Waals surface area contributed by atoms with Crippen LogP contribution in [0.1, 0.15) is 30.4 Å². The van der Waals surface area contributed by atoms with Crippen LogP contribution in [0.2, 0.25) is 0 Å². The molecule has 0 bridgehead atoms. The first-order valence-corrected chi connectivity index (χ1v) is 6.19. The van der Waals surface area contributed by atoms with Gasteiger partial charge in [-0.15, -0.1) is 0 Å². The number of amides is 1. The number of hydrogen-bond acceptors (Lipinski definition) is 1. The predicted molar refractivity (Wildman–Crippen MR) is 71.0 cm³/mol. The molecule has 1 aromatic rings. The number of anilines is 1. The third-order valence-electron chi connectivity index (χ3n) is 3.44. The van der Waals surface area contributed by atoms with Crippen molar-refractivity contribution in [3.8, 4) is 0 Å². The Morgan fingerprint density at radius 3 is 2.94 bits per heavy atom. The fourth-order valence-electron chi connectivity index (χ4n) is 2.19. The minimum atomic E-state index is 0.121. The van der Waals surface area contributed by atoms with Gasteiger partial charge in [-0.25, -0.2) is 0 Å². The van der Waals surface area contributed by atoms with Gasteiger partial charge in [0.15, 0.2) is 0 Å². The summed E-state index contributed by atoms with van der Waals surface area (Å²) >= 11 is 0. The van der Waals surface area contributed by atoms with Gasteiger partial charge in [-0.3, -0.25) is 4.79 Å². The van der Waals surface area contributed by atoms with Crippen molar-refractivity contribution in [1.82, 2.24) is 0 Å². The first kappa shape index (κ1) is 11.9. The second-order valence-corrected chi connectivity index (χ2v) is 4.77. The number of carbonyl (C=O) groups excluding carboxylic acids is 1. The topological polar surface area (TPSA) is 29.1 Å². The Kier molecular flexibility index (Phi) is 3.62. The van der Waals surface area contributed by atoms with Gasteiger partial charge in [0.05, 0.1) is 0 Å². The third-order valence-corrected chi connectivity index (χ3v) is 3.44. The lowest BCUT2D eigenvalue weighted by molar-refractivity contribution is -0.116. The monoisotopic (exact) mass is 229 g/mol. The van der Waals surface area contributed by atoms with E-state index in [-0.39, 0.29) is 5.91 Å². The zero-order valence-corrected chi connectivity index (χ0v) is 10.5. The zero-order chi connectivity index (χ0) is 12.3. The Balaban J connectivity index is 1.98. The van der Waals surface area contributed by atoms with Crippen molar-refractivity contribution in [3.63, 3.8) is 0 Å². The molecule has 1 amide bonds. The van der Waals surface area contributed by atoms with Gasteiger partial charge >= 0.3 is 0 Å². The average Bonchev–Trinajstić information content (AvgIpc) is 2.77. The van der Waals surface area contributed by atoms with E-state index in [0.717, 1.165) is 24.1 Å². The minimum absolute atomic E-state index is 0.121. The molecule has 1 N–H and O–H groups in total. The highest BCUT2D eigenvalue weighted by Gasteiger charge is 2.14. The molecule has 0 heterocycles. The molecule has 17 heavy (non-hydrogen) atoms. The summed E-state index contributed by atoms with van der Waals surface area (Å²) < 4.78 is 0. The van der Waals surface area contributed by atoms with E-state index in [9.17, 15) is 4.79 Å². The molecule has 2 heteroatoms. The van der Waals surface area contributed by atoms with Gasteiger partial charge in [-0.1, -0.05) is 24.3 Å². The first-order chi connectivity index (χ1) is 8.16. The van der Waals surface area contributed by atoms with E-state index in [1.165, 1.54) is 5.56 Å². The molecule has 0 spiro atoms. The number of allylic oxidation sites excluding steroid dienone is 2. The summed E-state index contributed by atoms with van der Waals surface area (Å²) in [5, 5.41) is 3.01. The summed E-state index contributed by atoms with van der Waals surface area (Å²) in [5.41, 5.74) is 3.31. The lowest BCUT2D eigenvalue weighted by atomic mass is 10.0. The molecule has 0 saturated carbocycles. The highest BCUT2D eigenvalue weighted by atomic mass is 16.1. The minimum Gasteiger partial charge on any atom is -0.326 e. The summed E-state index contributed by atoms with van der Waals surface area (Å²) in [4.78, 5) is 11.9. The molecule has 1 atom stereocenters. The van der Waals surface area contributed by atoms with Crippen molar-refractivity contribution >= 4 is 11.6 Å². The van der Waals surface area contributed by atoms with Gasteiger partial charge in [0.2, 0.25) is 5.91 Å².